The molecular formula is C24H31N3O3. The maximum absolute atomic E-state index is 12.1. The Labute approximate surface area is 178 Å². The Bertz CT molecular complexity index is 826. The zero-order valence-corrected chi connectivity index (χ0v) is 17.8. The van der Waals surface area contributed by atoms with Crippen LogP contribution in [-0.4, -0.2) is 43.5 Å². The number of methoxy groups -OCH3 is 1. The monoisotopic (exact) mass is 409 g/mol. The van der Waals surface area contributed by atoms with Crippen LogP contribution in [0.1, 0.15) is 41.3 Å². The number of hydrogen-bond donors (Lipinski definition) is 2. The molecule has 0 aromatic heterocycles. The van der Waals surface area contributed by atoms with Crippen LogP contribution in [0.5, 0.6) is 5.75 Å². The standard InChI is InChI=1S/C24H31N3O3/c1-18-11-13-27(14-12-18)17-20-5-3-19(4-6-20)15-25-23(28)16-26-24(29)21-7-9-22(30-2)10-8-21/h3-10,18H,11-17H2,1-2H3,(H,25,28)(H,26,29). The van der Waals surface area contributed by atoms with Gasteiger partial charge < -0.3 is 15.4 Å². The molecule has 30 heavy (non-hydrogen) atoms. The fourth-order valence-electron chi connectivity index (χ4n) is 3.51. The van der Waals surface area contributed by atoms with Gasteiger partial charge in [0.25, 0.3) is 5.91 Å². The highest BCUT2D eigenvalue weighted by molar-refractivity contribution is 5.96. The molecule has 0 radical (unpaired) electrons. The molecule has 2 N–H and O–H groups in total. The van der Waals surface area contributed by atoms with Crippen molar-refractivity contribution in [2.24, 2.45) is 5.92 Å². The second kappa shape index (κ2) is 10.8. The van der Waals surface area contributed by atoms with Gasteiger partial charge in [-0.2, -0.15) is 0 Å². The zero-order chi connectivity index (χ0) is 21.3. The second-order valence-corrected chi connectivity index (χ2v) is 7.96. The number of piperidine rings is 1. The molecular weight excluding hydrogens is 378 g/mol. The van der Waals surface area contributed by atoms with Gasteiger partial charge in [-0.25, -0.2) is 0 Å². The topological polar surface area (TPSA) is 70.7 Å². The summed E-state index contributed by atoms with van der Waals surface area (Å²) in [7, 11) is 1.57. The maximum Gasteiger partial charge on any atom is 0.251 e. The van der Waals surface area contributed by atoms with Crippen LogP contribution < -0.4 is 15.4 Å². The summed E-state index contributed by atoms with van der Waals surface area (Å²) in [5.41, 5.74) is 2.83. The van der Waals surface area contributed by atoms with Crippen LogP contribution in [0.25, 0.3) is 0 Å². The first-order chi connectivity index (χ1) is 14.5. The molecule has 1 heterocycles. The third kappa shape index (κ3) is 6.59. The number of benzene rings is 2. The zero-order valence-electron chi connectivity index (χ0n) is 17.8. The molecule has 0 spiro atoms. The molecule has 2 amide bonds. The largest absolute Gasteiger partial charge is 0.497 e. The summed E-state index contributed by atoms with van der Waals surface area (Å²) in [5, 5.41) is 5.48. The second-order valence-electron chi connectivity index (χ2n) is 7.96. The Morgan fingerprint density at radius 2 is 1.60 bits per heavy atom. The first-order valence-electron chi connectivity index (χ1n) is 10.5. The SMILES string of the molecule is COc1ccc(C(=O)NCC(=O)NCc2ccc(CN3CCC(C)CC3)cc2)cc1. The minimum absolute atomic E-state index is 0.0592. The number of rotatable bonds is 8. The van der Waals surface area contributed by atoms with Crippen LogP contribution in [0, 0.1) is 5.92 Å². The van der Waals surface area contributed by atoms with Crippen molar-refractivity contribution in [1.29, 1.82) is 0 Å². The van der Waals surface area contributed by atoms with Crippen LogP contribution >= 0.6 is 0 Å². The lowest BCUT2D eigenvalue weighted by Crippen LogP contribution is -2.36. The fraction of sp³-hybridized carbons (Fsp3) is 0.417. The minimum atomic E-state index is -0.288. The summed E-state index contributed by atoms with van der Waals surface area (Å²) in [6.07, 6.45) is 2.55. The summed E-state index contributed by atoms with van der Waals surface area (Å²) in [6.45, 7) is 6.03. The van der Waals surface area contributed by atoms with Gasteiger partial charge in [-0.15, -0.1) is 0 Å². The van der Waals surface area contributed by atoms with E-state index in [1.807, 2.05) is 0 Å². The van der Waals surface area contributed by atoms with Gasteiger partial charge >= 0.3 is 0 Å². The molecule has 0 saturated carbocycles. The van der Waals surface area contributed by atoms with E-state index in [0.717, 1.165) is 18.0 Å². The lowest BCUT2D eigenvalue weighted by Gasteiger charge is -2.30. The molecule has 160 valence electrons. The Kier molecular flexibility index (Phi) is 7.85. The van der Waals surface area contributed by atoms with E-state index in [0.29, 0.717) is 17.9 Å². The molecule has 0 atom stereocenters. The Hall–Kier alpha value is -2.86. The number of carbonyl (C=O) groups excluding carboxylic acids is 2. The molecule has 1 aliphatic rings. The molecule has 1 fully saturated rings. The molecule has 2 aromatic carbocycles. The number of likely N-dealkylation sites (tertiary alicyclic amines) is 1. The average Bonchev–Trinajstić information content (AvgIpc) is 2.78. The normalized spacial score (nSPS) is 14.9. The van der Waals surface area contributed by atoms with Crippen LogP contribution in [0.4, 0.5) is 0 Å². The van der Waals surface area contributed by atoms with Crippen molar-refractivity contribution in [3.05, 3.63) is 65.2 Å². The van der Waals surface area contributed by atoms with Gasteiger partial charge in [0.05, 0.1) is 13.7 Å². The van der Waals surface area contributed by atoms with Crippen molar-refractivity contribution in [1.82, 2.24) is 15.5 Å². The lowest BCUT2D eigenvalue weighted by atomic mass is 9.99. The molecule has 1 aliphatic heterocycles. The Morgan fingerprint density at radius 1 is 0.967 bits per heavy atom. The Morgan fingerprint density at radius 3 is 2.23 bits per heavy atom. The summed E-state index contributed by atoms with van der Waals surface area (Å²) < 4.78 is 5.07. The van der Waals surface area contributed by atoms with E-state index in [1.54, 1.807) is 31.4 Å². The number of nitrogens with one attached hydrogen (secondary N) is 2. The predicted molar refractivity (Wildman–Crippen MR) is 117 cm³/mol. The van der Waals surface area contributed by atoms with Crippen LogP contribution in [0.2, 0.25) is 0 Å². The van der Waals surface area contributed by atoms with Crippen molar-refractivity contribution in [2.45, 2.75) is 32.9 Å². The van der Waals surface area contributed by atoms with E-state index >= 15 is 0 Å². The Balaban J connectivity index is 1.38. The number of nitrogens with zero attached hydrogens (tertiary/aromatic N) is 1. The molecule has 1 saturated heterocycles. The first kappa shape index (κ1) is 21.8. The smallest absolute Gasteiger partial charge is 0.251 e. The highest BCUT2D eigenvalue weighted by Gasteiger charge is 2.15. The van der Waals surface area contributed by atoms with E-state index in [-0.39, 0.29) is 18.4 Å². The van der Waals surface area contributed by atoms with Crippen molar-refractivity contribution >= 4 is 11.8 Å². The van der Waals surface area contributed by atoms with Crippen molar-refractivity contribution in [3.63, 3.8) is 0 Å². The molecule has 0 aliphatic carbocycles. The molecule has 0 bridgehead atoms. The number of amides is 2. The quantitative estimate of drug-likeness (QED) is 0.703. The van der Waals surface area contributed by atoms with Gasteiger partial charge in [-0.05, 0) is 67.2 Å². The lowest BCUT2D eigenvalue weighted by molar-refractivity contribution is -0.120. The summed E-state index contributed by atoms with van der Waals surface area (Å²) >= 11 is 0. The number of ether oxygens (including phenoxy) is 1. The van der Waals surface area contributed by atoms with Gasteiger partial charge in [0, 0.05) is 18.7 Å². The van der Waals surface area contributed by atoms with Crippen molar-refractivity contribution < 1.29 is 14.3 Å². The number of hydrogen-bond acceptors (Lipinski definition) is 4. The van der Waals surface area contributed by atoms with Gasteiger partial charge in [0.15, 0.2) is 0 Å². The fourth-order valence-corrected chi connectivity index (χ4v) is 3.51. The minimum Gasteiger partial charge on any atom is -0.497 e. The maximum atomic E-state index is 12.1. The van der Waals surface area contributed by atoms with E-state index in [2.05, 4.69) is 46.7 Å². The van der Waals surface area contributed by atoms with Crippen LogP contribution in [-0.2, 0) is 17.9 Å². The van der Waals surface area contributed by atoms with E-state index in [1.165, 1.54) is 31.5 Å². The van der Waals surface area contributed by atoms with Crippen molar-refractivity contribution in [3.8, 4) is 5.75 Å². The summed E-state index contributed by atoms with van der Waals surface area (Å²) in [4.78, 5) is 26.7. The molecule has 6 heteroatoms. The van der Waals surface area contributed by atoms with Gasteiger partial charge in [-0.1, -0.05) is 31.2 Å². The van der Waals surface area contributed by atoms with Gasteiger partial charge in [0.1, 0.15) is 5.75 Å². The first-order valence-corrected chi connectivity index (χ1v) is 10.5. The van der Waals surface area contributed by atoms with E-state index in [4.69, 9.17) is 4.74 Å². The van der Waals surface area contributed by atoms with Gasteiger partial charge in [-0.3, -0.25) is 14.5 Å². The van der Waals surface area contributed by atoms with Crippen LogP contribution in [0.15, 0.2) is 48.5 Å². The van der Waals surface area contributed by atoms with Gasteiger partial charge in [0.2, 0.25) is 5.91 Å². The molecule has 0 unspecified atom stereocenters. The molecule has 6 nitrogen and oxygen atoms in total. The third-order valence-electron chi connectivity index (χ3n) is 5.56. The summed E-state index contributed by atoms with van der Waals surface area (Å²) in [6, 6.07) is 15.1. The molecule has 3 rings (SSSR count). The highest BCUT2D eigenvalue weighted by Crippen LogP contribution is 2.18. The van der Waals surface area contributed by atoms with Crippen molar-refractivity contribution in [2.75, 3.05) is 26.7 Å². The predicted octanol–water partition coefficient (Wildman–Crippen LogP) is 2.97. The number of carbonyl (C=O) groups is 2. The van der Waals surface area contributed by atoms with E-state index < -0.39 is 0 Å². The highest BCUT2D eigenvalue weighted by atomic mass is 16.5. The average molecular weight is 410 g/mol. The van der Waals surface area contributed by atoms with Crippen LogP contribution in [0.3, 0.4) is 0 Å². The summed E-state index contributed by atoms with van der Waals surface area (Å²) in [5.74, 6) is 1.02. The third-order valence-corrected chi connectivity index (χ3v) is 5.56. The van der Waals surface area contributed by atoms with E-state index in [9.17, 15) is 9.59 Å². The molecule has 2 aromatic rings.